The average Bonchev–Trinajstić information content (AvgIpc) is 2.86. The zero-order valence-corrected chi connectivity index (χ0v) is 14.3. The standard InChI is InChI=1S/C18H16F3NO4/c1-9-15(11(3)23)10(2)22-16(9)14(24)8-26-17(25)12-4-6-13(7-5-12)18(19,20)21/h4-7,22H,8H2,1-3H3. The number of halogens is 3. The highest BCUT2D eigenvalue weighted by Gasteiger charge is 2.30. The van der Waals surface area contributed by atoms with Crippen LogP contribution >= 0.6 is 0 Å². The van der Waals surface area contributed by atoms with Crippen LogP contribution in [0.4, 0.5) is 13.2 Å². The Morgan fingerprint density at radius 2 is 1.65 bits per heavy atom. The quantitative estimate of drug-likeness (QED) is 0.642. The van der Waals surface area contributed by atoms with Crippen molar-refractivity contribution in [3.05, 3.63) is 57.9 Å². The number of Topliss-reactive ketones (excluding diaryl/α,β-unsaturated/α-hetero) is 2. The molecule has 2 rings (SSSR count). The molecule has 8 heteroatoms. The summed E-state index contributed by atoms with van der Waals surface area (Å²) in [5, 5.41) is 0. The van der Waals surface area contributed by atoms with E-state index in [9.17, 15) is 27.6 Å². The molecular weight excluding hydrogens is 351 g/mol. The highest BCUT2D eigenvalue weighted by Crippen LogP contribution is 2.29. The molecule has 0 amide bonds. The van der Waals surface area contributed by atoms with Crippen LogP contribution in [-0.2, 0) is 10.9 Å². The lowest BCUT2D eigenvalue weighted by molar-refractivity contribution is -0.137. The summed E-state index contributed by atoms with van der Waals surface area (Å²) >= 11 is 0. The molecule has 2 aromatic rings. The van der Waals surface area contributed by atoms with Gasteiger partial charge in [-0.3, -0.25) is 9.59 Å². The fraction of sp³-hybridized carbons (Fsp3) is 0.278. The molecule has 0 saturated heterocycles. The zero-order valence-electron chi connectivity index (χ0n) is 14.3. The highest BCUT2D eigenvalue weighted by atomic mass is 19.4. The summed E-state index contributed by atoms with van der Waals surface area (Å²) in [6, 6.07) is 3.48. The van der Waals surface area contributed by atoms with Crippen molar-refractivity contribution in [2.24, 2.45) is 0 Å². The molecule has 0 atom stereocenters. The first-order valence-electron chi connectivity index (χ1n) is 7.60. The second-order valence-electron chi connectivity index (χ2n) is 5.76. The van der Waals surface area contributed by atoms with Gasteiger partial charge in [-0.25, -0.2) is 4.79 Å². The summed E-state index contributed by atoms with van der Waals surface area (Å²) in [6.07, 6.45) is -4.50. The van der Waals surface area contributed by atoms with Gasteiger partial charge in [0.25, 0.3) is 0 Å². The SMILES string of the molecule is CC(=O)c1c(C)[nH]c(C(=O)COC(=O)c2ccc(C(F)(F)F)cc2)c1C. The lowest BCUT2D eigenvalue weighted by Gasteiger charge is -2.08. The highest BCUT2D eigenvalue weighted by molar-refractivity contribution is 6.04. The number of esters is 1. The van der Waals surface area contributed by atoms with E-state index in [0.717, 1.165) is 24.3 Å². The van der Waals surface area contributed by atoms with Crippen LogP contribution in [0.5, 0.6) is 0 Å². The van der Waals surface area contributed by atoms with Gasteiger partial charge in [-0.05, 0) is 50.6 Å². The van der Waals surface area contributed by atoms with Crippen LogP contribution in [0.1, 0.15) is 54.9 Å². The smallest absolute Gasteiger partial charge is 0.416 e. The van der Waals surface area contributed by atoms with E-state index in [1.54, 1.807) is 13.8 Å². The number of benzene rings is 1. The van der Waals surface area contributed by atoms with E-state index in [0.29, 0.717) is 16.8 Å². The summed E-state index contributed by atoms with van der Waals surface area (Å²) in [7, 11) is 0. The van der Waals surface area contributed by atoms with E-state index >= 15 is 0 Å². The molecular formula is C18H16F3NO4. The number of rotatable bonds is 5. The fourth-order valence-electron chi connectivity index (χ4n) is 2.64. The van der Waals surface area contributed by atoms with Crippen molar-refractivity contribution < 1.29 is 32.3 Å². The molecule has 5 nitrogen and oxygen atoms in total. The molecule has 1 heterocycles. The maximum absolute atomic E-state index is 12.5. The Kier molecular flexibility index (Phi) is 5.34. The number of ketones is 2. The van der Waals surface area contributed by atoms with Crippen LogP contribution < -0.4 is 0 Å². The Labute approximate surface area is 147 Å². The minimum atomic E-state index is -4.50. The van der Waals surface area contributed by atoms with E-state index in [2.05, 4.69) is 4.98 Å². The third kappa shape index (κ3) is 4.01. The van der Waals surface area contributed by atoms with Crippen LogP contribution in [0.15, 0.2) is 24.3 Å². The van der Waals surface area contributed by atoms with Crippen LogP contribution in [-0.4, -0.2) is 29.1 Å². The maximum atomic E-state index is 12.5. The van der Waals surface area contributed by atoms with Gasteiger partial charge in [-0.2, -0.15) is 13.2 Å². The average molecular weight is 367 g/mol. The minimum absolute atomic E-state index is 0.102. The molecule has 1 N–H and O–H groups in total. The van der Waals surface area contributed by atoms with Gasteiger partial charge in [0.2, 0.25) is 5.78 Å². The van der Waals surface area contributed by atoms with E-state index in [4.69, 9.17) is 4.74 Å². The van der Waals surface area contributed by atoms with Crippen molar-refractivity contribution in [3.63, 3.8) is 0 Å². The molecule has 0 fully saturated rings. The van der Waals surface area contributed by atoms with Crippen LogP contribution in [0.25, 0.3) is 0 Å². The predicted octanol–water partition coefficient (Wildman–Crippen LogP) is 3.89. The Morgan fingerprint density at radius 1 is 1.08 bits per heavy atom. The van der Waals surface area contributed by atoms with Crippen molar-refractivity contribution in [2.75, 3.05) is 6.61 Å². The summed E-state index contributed by atoms with van der Waals surface area (Å²) in [5.74, 6) is -1.66. The van der Waals surface area contributed by atoms with Crippen LogP contribution in [0, 0.1) is 13.8 Å². The number of H-pyrrole nitrogens is 1. The van der Waals surface area contributed by atoms with Gasteiger partial charge < -0.3 is 9.72 Å². The maximum Gasteiger partial charge on any atom is 0.416 e. The molecule has 0 saturated carbocycles. The van der Waals surface area contributed by atoms with Crippen molar-refractivity contribution in [1.82, 2.24) is 4.98 Å². The normalized spacial score (nSPS) is 11.3. The molecule has 1 aromatic carbocycles. The molecule has 0 aliphatic carbocycles. The molecule has 0 aliphatic rings. The summed E-state index contributed by atoms with van der Waals surface area (Å²) < 4.78 is 42.4. The fourth-order valence-corrected chi connectivity index (χ4v) is 2.64. The number of nitrogens with one attached hydrogen (secondary N) is 1. The molecule has 138 valence electrons. The monoisotopic (exact) mass is 367 g/mol. The number of alkyl halides is 3. The molecule has 0 bridgehead atoms. The second-order valence-corrected chi connectivity index (χ2v) is 5.76. The molecule has 1 aromatic heterocycles. The molecule has 26 heavy (non-hydrogen) atoms. The Bertz CT molecular complexity index is 864. The van der Waals surface area contributed by atoms with Crippen LogP contribution in [0.3, 0.4) is 0 Å². The van der Waals surface area contributed by atoms with Crippen LogP contribution in [0.2, 0.25) is 0 Å². The third-order valence-electron chi connectivity index (χ3n) is 3.85. The first-order valence-corrected chi connectivity index (χ1v) is 7.60. The van der Waals surface area contributed by atoms with Crippen molar-refractivity contribution in [3.8, 4) is 0 Å². The van der Waals surface area contributed by atoms with Gasteiger partial charge in [-0.15, -0.1) is 0 Å². The summed E-state index contributed by atoms with van der Waals surface area (Å²) in [6.45, 7) is 4.03. The van der Waals surface area contributed by atoms with Gasteiger partial charge in [0.15, 0.2) is 12.4 Å². The van der Waals surface area contributed by atoms with E-state index in [1.165, 1.54) is 6.92 Å². The topological polar surface area (TPSA) is 76.2 Å². The molecule has 0 spiro atoms. The summed E-state index contributed by atoms with van der Waals surface area (Å²) in [4.78, 5) is 38.5. The van der Waals surface area contributed by atoms with Crippen molar-refractivity contribution in [1.29, 1.82) is 0 Å². The van der Waals surface area contributed by atoms with Gasteiger partial charge in [0.1, 0.15) is 0 Å². The molecule has 0 aliphatic heterocycles. The Morgan fingerprint density at radius 3 is 2.12 bits per heavy atom. The van der Waals surface area contributed by atoms with Crippen molar-refractivity contribution >= 4 is 17.5 Å². The number of carbonyl (C=O) groups is 3. The van der Waals surface area contributed by atoms with Crippen molar-refractivity contribution in [2.45, 2.75) is 26.9 Å². The molecule has 0 unspecified atom stereocenters. The lowest BCUT2D eigenvalue weighted by Crippen LogP contribution is -2.16. The zero-order chi connectivity index (χ0) is 19.6. The second kappa shape index (κ2) is 7.15. The number of carbonyl (C=O) groups excluding carboxylic acids is 3. The van der Waals surface area contributed by atoms with E-state index < -0.39 is 30.1 Å². The Hall–Kier alpha value is -2.90. The third-order valence-corrected chi connectivity index (χ3v) is 3.85. The van der Waals surface area contributed by atoms with Gasteiger partial charge in [-0.1, -0.05) is 0 Å². The van der Waals surface area contributed by atoms with E-state index in [1.807, 2.05) is 0 Å². The summed E-state index contributed by atoms with van der Waals surface area (Å²) in [5.41, 5.74) is 0.572. The first-order chi connectivity index (χ1) is 12.0. The predicted molar refractivity (Wildman–Crippen MR) is 86.3 cm³/mol. The van der Waals surface area contributed by atoms with E-state index in [-0.39, 0.29) is 17.0 Å². The number of aryl methyl sites for hydroxylation is 1. The van der Waals surface area contributed by atoms with Gasteiger partial charge in [0.05, 0.1) is 16.8 Å². The number of aromatic amines is 1. The number of hydrogen-bond donors (Lipinski definition) is 1. The number of ether oxygens (including phenoxy) is 1. The minimum Gasteiger partial charge on any atom is -0.454 e. The molecule has 0 radical (unpaired) electrons. The number of aromatic nitrogens is 1. The Balaban J connectivity index is 2.07. The largest absolute Gasteiger partial charge is 0.454 e. The van der Waals surface area contributed by atoms with Gasteiger partial charge >= 0.3 is 12.1 Å². The lowest BCUT2D eigenvalue weighted by atomic mass is 10.1. The first kappa shape index (κ1) is 19.4. The number of hydrogen-bond acceptors (Lipinski definition) is 4. The van der Waals surface area contributed by atoms with Gasteiger partial charge in [0, 0.05) is 11.3 Å².